The van der Waals surface area contributed by atoms with Crippen LogP contribution in [0, 0.1) is 0 Å². The van der Waals surface area contributed by atoms with Crippen LogP contribution in [0.3, 0.4) is 0 Å². The predicted molar refractivity (Wildman–Crippen MR) is 35.5 cm³/mol. The van der Waals surface area contributed by atoms with Gasteiger partial charge in [-0.2, -0.15) is 0 Å². The molecule has 0 atom stereocenters. The van der Waals surface area contributed by atoms with Gasteiger partial charge in [0.05, 0.1) is 0 Å². The molecule has 0 aromatic rings. The number of rotatable bonds is 1. The third-order valence-electron chi connectivity index (χ3n) is 1.44. The van der Waals surface area contributed by atoms with Gasteiger partial charge in [-0.15, -0.1) is 0 Å². The smallest absolute Gasteiger partial charge is 0.208 e. The number of ether oxygens (including phenoxy) is 1. The van der Waals surface area contributed by atoms with E-state index in [0.717, 1.165) is 0 Å². The van der Waals surface area contributed by atoms with Crippen molar-refractivity contribution in [1.82, 2.24) is 9.80 Å². The van der Waals surface area contributed by atoms with Crippen molar-refractivity contribution in [2.45, 2.75) is 6.35 Å². The summed E-state index contributed by atoms with van der Waals surface area (Å²) < 4.78 is 5.12. The predicted octanol–water partition coefficient (Wildman–Crippen LogP) is 0.265. The first-order chi connectivity index (χ1) is 4.25. The molecule has 3 heteroatoms. The average molecular weight is 128 g/mol. The normalized spacial score (nSPS) is 19.9. The molecule has 0 saturated carbocycles. The SMILES string of the molecule is COC1N(C)C=CN1C. The molecule has 0 bridgehead atoms. The summed E-state index contributed by atoms with van der Waals surface area (Å²) in [7, 11) is 5.66. The lowest BCUT2D eigenvalue weighted by Gasteiger charge is -2.24. The van der Waals surface area contributed by atoms with Gasteiger partial charge >= 0.3 is 0 Å². The lowest BCUT2D eigenvalue weighted by atomic mass is 10.8. The van der Waals surface area contributed by atoms with Gasteiger partial charge in [0.25, 0.3) is 0 Å². The van der Waals surface area contributed by atoms with Crippen LogP contribution < -0.4 is 0 Å². The third-order valence-corrected chi connectivity index (χ3v) is 1.44. The summed E-state index contributed by atoms with van der Waals surface area (Å²) in [5.74, 6) is 0. The van der Waals surface area contributed by atoms with Gasteiger partial charge in [-0.3, -0.25) is 0 Å². The maximum Gasteiger partial charge on any atom is 0.208 e. The largest absolute Gasteiger partial charge is 0.344 e. The summed E-state index contributed by atoms with van der Waals surface area (Å²) in [6.07, 6.45) is 4.05. The molecule has 1 aliphatic heterocycles. The van der Waals surface area contributed by atoms with Gasteiger partial charge in [0.1, 0.15) is 0 Å². The zero-order chi connectivity index (χ0) is 6.85. The first-order valence-corrected chi connectivity index (χ1v) is 2.90. The average Bonchev–Trinajstić information content (AvgIpc) is 2.12. The van der Waals surface area contributed by atoms with Crippen molar-refractivity contribution >= 4 is 0 Å². The summed E-state index contributed by atoms with van der Waals surface area (Å²) in [6.45, 7) is 0. The highest BCUT2D eigenvalue weighted by Crippen LogP contribution is 2.10. The van der Waals surface area contributed by atoms with E-state index in [2.05, 4.69) is 0 Å². The minimum atomic E-state index is 0.0880. The Morgan fingerprint density at radius 1 is 1.22 bits per heavy atom. The maximum absolute atomic E-state index is 5.12. The molecule has 9 heavy (non-hydrogen) atoms. The summed E-state index contributed by atoms with van der Waals surface area (Å²) in [5, 5.41) is 0. The fraction of sp³-hybridized carbons (Fsp3) is 0.667. The van der Waals surface area contributed by atoms with Crippen molar-refractivity contribution in [2.75, 3.05) is 21.2 Å². The molecule has 1 heterocycles. The first-order valence-electron chi connectivity index (χ1n) is 2.90. The lowest BCUT2D eigenvalue weighted by molar-refractivity contribution is -0.0596. The Labute approximate surface area is 55.5 Å². The van der Waals surface area contributed by atoms with Gasteiger partial charge in [0, 0.05) is 33.6 Å². The van der Waals surface area contributed by atoms with E-state index in [4.69, 9.17) is 4.74 Å². The monoisotopic (exact) mass is 128 g/mol. The van der Waals surface area contributed by atoms with E-state index >= 15 is 0 Å². The molecule has 0 aromatic carbocycles. The zero-order valence-electron chi connectivity index (χ0n) is 6.03. The molecule has 3 nitrogen and oxygen atoms in total. The van der Waals surface area contributed by atoms with Gasteiger partial charge in [0.15, 0.2) is 0 Å². The molecule has 52 valence electrons. The summed E-state index contributed by atoms with van der Waals surface area (Å²) in [5.41, 5.74) is 0. The quantitative estimate of drug-likeness (QED) is 0.504. The summed E-state index contributed by atoms with van der Waals surface area (Å²) in [4.78, 5) is 4.00. The number of hydrogen-bond donors (Lipinski definition) is 0. The molecule has 0 radical (unpaired) electrons. The van der Waals surface area contributed by atoms with Gasteiger partial charge in [-0.1, -0.05) is 0 Å². The van der Waals surface area contributed by atoms with Crippen molar-refractivity contribution < 1.29 is 4.74 Å². The minimum Gasteiger partial charge on any atom is -0.344 e. The van der Waals surface area contributed by atoms with Gasteiger partial charge < -0.3 is 14.5 Å². The van der Waals surface area contributed by atoms with E-state index < -0.39 is 0 Å². The Balaban J connectivity index is 2.53. The molecule has 0 saturated heterocycles. The molecule has 0 amide bonds. The second-order valence-electron chi connectivity index (χ2n) is 2.19. The fourth-order valence-electron chi connectivity index (χ4n) is 0.977. The number of nitrogens with zero attached hydrogens (tertiary/aromatic N) is 2. The molecule has 0 aliphatic carbocycles. The Kier molecular flexibility index (Phi) is 1.62. The fourth-order valence-corrected chi connectivity index (χ4v) is 0.977. The van der Waals surface area contributed by atoms with E-state index in [-0.39, 0.29) is 6.35 Å². The van der Waals surface area contributed by atoms with E-state index in [0.29, 0.717) is 0 Å². The second-order valence-corrected chi connectivity index (χ2v) is 2.19. The van der Waals surface area contributed by atoms with Crippen molar-refractivity contribution in [3.8, 4) is 0 Å². The summed E-state index contributed by atoms with van der Waals surface area (Å²) in [6, 6.07) is 0. The molecule has 0 unspecified atom stereocenters. The van der Waals surface area contributed by atoms with Gasteiger partial charge in [-0.25, -0.2) is 0 Å². The van der Waals surface area contributed by atoms with Crippen LogP contribution in [0.25, 0.3) is 0 Å². The molecule has 1 rings (SSSR count). The van der Waals surface area contributed by atoms with E-state index in [1.54, 1.807) is 7.11 Å². The van der Waals surface area contributed by atoms with Crippen LogP contribution in [0.1, 0.15) is 0 Å². The number of methoxy groups -OCH3 is 1. The molecular weight excluding hydrogens is 116 g/mol. The Hall–Kier alpha value is -0.700. The van der Waals surface area contributed by atoms with Crippen molar-refractivity contribution in [3.05, 3.63) is 12.4 Å². The van der Waals surface area contributed by atoms with Crippen molar-refractivity contribution in [1.29, 1.82) is 0 Å². The summed E-state index contributed by atoms with van der Waals surface area (Å²) >= 11 is 0. The Morgan fingerprint density at radius 2 is 1.67 bits per heavy atom. The molecule has 0 aromatic heterocycles. The molecule has 0 N–H and O–H groups in total. The van der Waals surface area contributed by atoms with Crippen LogP contribution in [0.5, 0.6) is 0 Å². The standard InChI is InChI=1S/C6H12N2O/c1-7-4-5-8(2)6(7)9-3/h4-6H,1-3H3. The van der Waals surface area contributed by atoms with Crippen LogP contribution in [-0.4, -0.2) is 37.4 Å². The van der Waals surface area contributed by atoms with Crippen LogP contribution in [-0.2, 0) is 4.74 Å². The molecular formula is C6H12N2O. The molecule has 0 spiro atoms. The Morgan fingerprint density at radius 3 is 1.89 bits per heavy atom. The van der Waals surface area contributed by atoms with E-state index in [9.17, 15) is 0 Å². The highest BCUT2D eigenvalue weighted by molar-refractivity contribution is 4.89. The number of hydrogen-bond acceptors (Lipinski definition) is 3. The van der Waals surface area contributed by atoms with Crippen molar-refractivity contribution in [3.63, 3.8) is 0 Å². The highest BCUT2D eigenvalue weighted by Gasteiger charge is 2.18. The van der Waals surface area contributed by atoms with Crippen LogP contribution in [0.15, 0.2) is 12.4 Å². The topological polar surface area (TPSA) is 15.7 Å². The van der Waals surface area contributed by atoms with Gasteiger partial charge in [0.2, 0.25) is 6.35 Å². The second kappa shape index (κ2) is 2.27. The minimum absolute atomic E-state index is 0.0880. The van der Waals surface area contributed by atoms with Crippen LogP contribution in [0.4, 0.5) is 0 Å². The van der Waals surface area contributed by atoms with Crippen LogP contribution >= 0.6 is 0 Å². The Bertz CT molecular complexity index is 112. The van der Waals surface area contributed by atoms with E-state index in [1.165, 1.54) is 0 Å². The first kappa shape index (κ1) is 6.42. The highest BCUT2D eigenvalue weighted by atomic mass is 16.5. The maximum atomic E-state index is 5.12. The van der Waals surface area contributed by atoms with Crippen molar-refractivity contribution in [2.24, 2.45) is 0 Å². The third kappa shape index (κ3) is 1.00. The lowest BCUT2D eigenvalue weighted by Crippen LogP contribution is -2.35. The van der Waals surface area contributed by atoms with E-state index in [1.807, 2.05) is 36.3 Å². The van der Waals surface area contributed by atoms with Gasteiger partial charge in [-0.05, 0) is 0 Å². The molecule has 1 aliphatic rings. The van der Waals surface area contributed by atoms with Crippen LogP contribution in [0.2, 0.25) is 0 Å². The molecule has 0 fully saturated rings. The zero-order valence-corrected chi connectivity index (χ0v) is 6.03.